The van der Waals surface area contributed by atoms with Crippen LogP contribution in [0.5, 0.6) is 0 Å². The second-order valence-electron chi connectivity index (χ2n) is 5.87. The molecule has 1 N–H and O–H groups in total. The van der Waals surface area contributed by atoms with Crippen LogP contribution < -0.4 is 9.62 Å². The second kappa shape index (κ2) is 7.49. The molecule has 0 aliphatic heterocycles. The van der Waals surface area contributed by atoms with Crippen LogP contribution in [0.2, 0.25) is 0 Å². The second-order valence-corrected chi connectivity index (χ2v) is 7.78. The summed E-state index contributed by atoms with van der Waals surface area (Å²) in [5.74, 6) is -0.345. The fourth-order valence-corrected chi connectivity index (χ4v) is 3.12. The van der Waals surface area contributed by atoms with Crippen molar-refractivity contribution in [1.29, 1.82) is 0 Å². The van der Waals surface area contributed by atoms with Gasteiger partial charge in [0.15, 0.2) is 0 Å². The number of amides is 1. The van der Waals surface area contributed by atoms with E-state index in [0.29, 0.717) is 12.2 Å². The molecule has 0 bridgehead atoms. The highest BCUT2D eigenvalue weighted by molar-refractivity contribution is 7.92. The predicted octanol–water partition coefficient (Wildman–Crippen LogP) is 2.39. The lowest BCUT2D eigenvalue weighted by Crippen LogP contribution is -2.40. The van der Waals surface area contributed by atoms with Crippen LogP contribution in [-0.4, -0.2) is 27.1 Å². The van der Waals surface area contributed by atoms with Gasteiger partial charge in [-0.2, -0.15) is 0 Å². The monoisotopic (exact) mass is 346 g/mol. The van der Waals surface area contributed by atoms with Crippen molar-refractivity contribution < 1.29 is 13.2 Å². The Morgan fingerprint density at radius 2 is 1.71 bits per heavy atom. The summed E-state index contributed by atoms with van der Waals surface area (Å²) in [5.41, 5.74) is 3.53. The zero-order valence-electron chi connectivity index (χ0n) is 14.1. The van der Waals surface area contributed by atoms with Crippen LogP contribution >= 0.6 is 0 Å². The fraction of sp³-hybridized carbons (Fsp3) is 0.278. The Kier molecular flexibility index (Phi) is 5.62. The average molecular weight is 346 g/mol. The number of carbonyl (C=O) groups is 1. The SMILES string of the molecule is Cc1ccc(CNC(=O)CN(c2cccc(C)c2)S(C)(=O)=O)cc1. The van der Waals surface area contributed by atoms with Crippen molar-refractivity contribution in [2.24, 2.45) is 0 Å². The first-order chi connectivity index (χ1) is 11.3. The van der Waals surface area contributed by atoms with Crippen LogP contribution in [0.3, 0.4) is 0 Å². The number of aryl methyl sites for hydroxylation is 2. The Morgan fingerprint density at radius 3 is 2.29 bits per heavy atom. The fourth-order valence-electron chi connectivity index (χ4n) is 2.28. The van der Waals surface area contributed by atoms with Gasteiger partial charge in [-0.05, 0) is 37.1 Å². The molecule has 0 heterocycles. The van der Waals surface area contributed by atoms with E-state index in [9.17, 15) is 13.2 Å². The van der Waals surface area contributed by atoms with Crippen molar-refractivity contribution in [2.75, 3.05) is 17.1 Å². The zero-order valence-corrected chi connectivity index (χ0v) is 14.9. The maximum absolute atomic E-state index is 12.2. The molecule has 0 fully saturated rings. The maximum Gasteiger partial charge on any atom is 0.241 e. The van der Waals surface area contributed by atoms with E-state index in [1.165, 1.54) is 0 Å². The van der Waals surface area contributed by atoms with E-state index >= 15 is 0 Å². The minimum Gasteiger partial charge on any atom is -0.350 e. The van der Waals surface area contributed by atoms with Gasteiger partial charge in [0.2, 0.25) is 15.9 Å². The van der Waals surface area contributed by atoms with E-state index < -0.39 is 10.0 Å². The molecular weight excluding hydrogens is 324 g/mol. The number of sulfonamides is 1. The molecule has 24 heavy (non-hydrogen) atoms. The van der Waals surface area contributed by atoms with Crippen LogP contribution in [0.4, 0.5) is 5.69 Å². The Balaban J connectivity index is 2.06. The van der Waals surface area contributed by atoms with Gasteiger partial charge < -0.3 is 5.32 Å². The summed E-state index contributed by atoms with van der Waals surface area (Å²) in [6, 6.07) is 14.9. The molecule has 2 aromatic rings. The van der Waals surface area contributed by atoms with Gasteiger partial charge in [0.25, 0.3) is 0 Å². The number of benzene rings is 2. The smallest absolute Gasteiger partial charge is 0.241 e. The van der Waals surface area contributed by atoms with Crippen LogP contribution in [0.1, 0.15) is 16.7 Å². The molecule has 0 aliphatic rings. The van der Waals surface area contributed by atoms with Crippen molar-refractivity contribution in [1.82, 2.24) is 5.32 Å². The minimum atomic E-state index is -3.55. The van der Waals surface area contributed by atoms with Crippen molar-refractivity contribution >= 4 is 21.6 Å². The van der Waals surface area contributed by atoms with E-state index in [1.54, 1.807) is 18.2 Å². The molecule has 128 valence electrons. The minimum absolute atomic E-state index is 0.242. The summed E-state index contributed by atoms with van der Waals surface area (Å²) in [5, 5.41) is 2.76. The molecule has 2 rings (SSSR count). The molecule has 0 aromatic heterocycles. The normalized spacial score (nSPS) is 11.1. The number of anilines is 1. The van der Waals surface area contributed by atoms with Gasteiger partial charge in [-0.1, -0.05) is 42.0 Å². The summed E-state index contributed by atoms with van der Waals surface area (Å²) in [4.78, 5) is 12.2. The highest BCUT2D eigenvalue weighted by atomic mass is 32.2. The molecule has 0 atom stereocenters. The molecule has 0 spiro atoms. The van der Waals surface area contributed by atoms with Gasteiger partial charge in [-0.3, -0.25) is 9.10 Å². The number of hydrogen-bond donors (Lipinski definition) is 1. The lowest BCUT2D eigenvalue weighted by molar-refractivity contribution is -0.119. The van der Waals surface area contributed by atoms with Crippen LogP contribution in [-0.2, 0) is 21.4 Å². The van der Waals surface area contributed by atoms with Gasteiger partial charge >= 0.3 is 0 Å². The summed E-state index contributed by atoms with van der Waals surface area (Å²) in [6.45, 7) is 3.99. The van der Waals surface area contributed by atoms with Crippen molar-refractivity contribution in [2.45, 2.75) is 20.4 Å². The number of hydrogen-bond acceptors (Lipinski definition) is 3. The molecule has 1 amide bonds. The van der Waals surface area contributed by atoms with Crippen molar-refractivity contribution in [3.8, 4) is 0 Å². The summed E-state index contributed by atoms with van der Waals surface area (Å²) >= 11 is 0. The first-order valence-electron chi connectivity index (χ1n) is 7.62. The molecule has 0 radical (unpaired) electrons. The Hall–Kier alpha value is -2.34. The highest BCUT2D eigenvalue weighted by Gasteiger charge is 2.20. The predicted molar refractivity (Wildman–Crippen MR) is 96.4 cm³/mol. The third-order valence-electron chi connectivity index (χ3n) is 3.59. The molecule has 2 aromatic carbocycles. The van der Waals surface area contributed by atoms with Gasteiger partial charge in [-0.15, -0.1) is 0 Å². The van der Waals surface area contributed by atoms with Crippen LogP contribution in [0.25, 0.3) is 0 Å². The number of carbonyl (C=O) groups excluding carboxylic acids is 1. The third-order valence-corrected chi connectivity index (χ3v) is 4.73. The Morgan fingerprint density at radius 1 is 1.04 bits per heavy atom. The summed E-state index contributed by atoms with van der Waals surface area (Å²) in [6.07, 6.45) is 1.10. The summed E-state index contributed by atoms with van der Waals surface area (Å²) in [7, 11) is -3.55. The molecule has 0 aliphatic carbocycles. The quantitative estimate of drug-likeness (QED) is 0.873. The number of nitrogens with one attached hydrogen (secondary N) is 1. The lowest BCUT2D eigenvalue weighted by Gasteiger charge is -2.22. The molecular formula is C18H22N2O3S. The molecule has 0 saturated heterocycles. The number of nitrogens with zero attached hydrogens (tertiary/aromatic N) is 1. The van der Waals surface area contributed by atoms with E-state index in [1.807, 2.05) is 44.2 Å². The van der Waals surface area contributed by atoms with E-state index in [-0.39, 0.29) is 12.5 Å². The van der Waals surface area contributed by atoms with Gasteiger partial charge in [0, 0.05) is 6.54 Å². The van der Waals surface area contributed by atoms with Crippen molar-refractivity contribution in [3.05, 3.63) is 65.2 Å². The topological polar surface area (TPSA) is 66.5 Å². The summed E-state index contributed by atoms with van der Waals surface area (Å²) < 4.78 is 25.2. The van der Waals surface area contributed by atoms with Crippen molar-refractivity contribution in [3.63, 3.8) is 0 Å². The Bertz CT molecular complexity index is 814. The average Bonchev–Trinajstić information content (AvgIpc) is 2.51. The van der Waals surface area contributed by atoms with Gasteiger partial charge in [0.05, 0.1) is 11.9 Å². The first kappa shape index (κ1) is 18.0. The largest absolute Gasteiger partial charge is 0.350 e. The molecule has 5 nitrogen and oxygen atoms in total. The zero-order chi connectivity index (χ0) is 17.7. The molecule has 0 unspecified atom stereocenters. The standard InChI is InChI=1S/C18H22N2O3S/c1-14-7-9-16(10-8-14)12-19-18(21)13-20(24(3,22)23)17-6-4-5-15(2)11-17/h4-11H,12-13H2,1-3H3,(H,19,21). The molecule has 6 heteroatoms. The highest BCUT2D eigenvalue weighted by Crippen LogP contribution is 2.18. The van der Waals surface area contributed by atoms with E-state index in [0.717, 1.165) is 27.3 Å². The van der Waals surface area contributed by atoms with E-state index in [2.05, 4.69) is 5.32 Å². The van der Waals surface area contributed by atoms with Gasteiger partial charge in [-0.25, -0.2) is 8.42 Å². The maximum atomic E-state index is 12.2. The molecule has 0 saturated carbocycles. The van der Waals surface area contributed by atoms with Crippen LogP contribution in [0.15, 0.2) is 48.5 Å². The number of rotatable bonds is 6. The van der Waals surface area contributed by atoms with E-state index in [4.69, 9.17) is 0 Å². The van der Waals surface area contributed by atoms with Crippen LogP contribution in [0, 0.1) is 13.8 Å². The lowest BCUT2D eigenvalue weighted by atomic mass is 10.1. The Labute approximate surface area is 143 Å². The first-order valence-corrected chi connectivity index (χ1v) is 9.47. The third kappa shape index (κ3) is 5.09. The van der Waals surface area contributed by atoms with Gasteiger partial charge in [0.1, 0.15) is 6.54 Å².